The summed E-state index contributed by atoms with van der Waals surface area (Å²) in [4.78, 5) is 11.2. The van der Waals surface area contributed by atoms with Gasteiger partial charge in [0.2, 0.25) is 10.0 Å². The molecular formula is C12H14N4O3S. The molecule has 1 aromatic heterocycles. The van der Waals surface area contributed by atoms with E-state index in [0.717, 1.165) is 0 Å². The Hall–Kier alpha value is -2.35. The average Bonchev–Trinajstić information content (AvgIpc) is 2.88. The number of benzene rings is 1. The molecule has 0 bridgehead atoms. The van der Waals surface area contributed by atoms with E-state index in [1.165, 1.54) is 6.20 Å². The number of aromatic nitrogens is 2. The summed E-state index contributed by atoms with van der Waals surface area (Å²) in [6.07, 6.45) is 1.42. The Morgan fingerprint density at radius 1 is 1.35 bits per heavy atom. The van der Waals surface area contributed by atoms with Gasteiger partial charge in [-0.1, -0.05) is 12.1 Å². The van der Waals surface area contributed by atoms with Gasteiger partial charge in [-0.15, -0.1) is 0 Å². The number of nitrogens with zero attached hydrogens (tertiary/aromatic N) is 1. The van der Waals surface area contributed by atoms with Gasteiger partial charge in [0.25, 0.3) is 5.91 Å². The van der Waals surface area contributed by atoms with E-state index >= 15 is 0 Å². The molecule has 0 aliphatic heterocycles. The topological polar surface area (TPSA) is 118 Å². The number of nitrogens with one attached hydrogen (secondary N) is 2. The van der Waals surface area contributed by atoms with Crippen molar-refractivity contribution < 1.29 is 13.2 Å². The van der Waals surface area contributed by atoms with Crippen molar-refractivity contribution in [3.8, 4) is 11.3 Å². The maximum Gasteiger partial charge on any atom is 0.252 e. The summed E-state index contributed by atoms with van der Waals surface area (Å²) in [6, 6.07) is 6.52. The second-order valence-electron chi connectivity index (χ2n) is 4.09. The van der Waals surface area contributed by atoms with Gasteiger partial charge >= 0.3 is 0 Å². The molecule has 8 heteroatoms. The van der Waals surface area contributed by atoms with Crippen molar-refractivity contribution in [2.24, 2.45) is 5.73 Å². The first-order valence-corrected chi connectivity index (χ1v) is 7.52. The van der Waals surface area contributed by atoms with Crippen LogP contribution < -0.4 is 10.5 Å². The summed E-state index contributed by atoms with van der Waals surface area (Å²) in [7, 11) is -3.31. The highest BCUT2D eigenvalue weighted by Gasteiger charge is 2.13. The number of sulfonamides is 1. The molecule has 7 nitrogen and oxygen atoms in total. The largest absolute Gasteiger partial charge is 0.365 e. The van der Waals surface area contributed by atoms with E-state index in [9.17, 15) is 13.2 Å². The third-order valence-corrected chi connectivity index (χ3v) is 4.02. The van der Waals surface area contributed by atoms with Gasteiger partial charge in [0, 0.05) is 17.4 Å². The van der Waals surface area contributed by atoms with Gasteiger partial charge in [-0.05, 0) is 19.1 Å². The fraction of sp³-hybridized carbons (Fsp3) is 0.167. The first-order chi connectivity index (χ1) is 9.43. The van der Waals surface area contributed by atoms with E-state index in [1.807, 2.05) is 0 Å². The second kappa shape index (κ2) is 5.33. The molecule has 0 aliphatic carbocycles. The molecule has 2 rings (SSSR count). The molecule has 1 aromatic carbocycles. The quantitative estimate of drug-likeness (QED) is 0.760. The molecule has 0 radical (unpaired) electrons. The molecule has 0 aliphatic rings. The predicted octanol–water partition coefficient (Wildman–Crippen LogP) is 0.937. The molecule has 4 N–H and O–H groups in total. The maximum atomic E-state index is 11.4. The molecule has 1 heterocycles. The number of anilines is 1. The number of aromatic amines is 1. The van der Waals surface area contributed by atoms with E-state index in [4.69, 9.17) is 5.73 Å². The molecule has 1 amide bonds. The Balaban J connectivity index is 2.29. The van der Waals surface area contributed by atoms with Gasteiger partial charge in [-0.25, -0.2) is 8.42 Å². The van der Waals surface area contributed by atoms with E-state index in [0.29, 0.717) is 16.9 Å². The van der Waals surface area contributed by atoms with Crippen LogP contribution in [0.5, 0.6) is 0 Å². The third-order valence-electron chi connectivity index (χ3n) is 2.72. The zero-order valence-electron chi connectivity index (χ0n) is 10.8. The van der Waals surface area contributed by atoms with Crippen molar-refractivity contribution in [2.75, 3.05) is 10.5 Å². The third kappa shape index (κ3) is 2.97. The van der Waals surface area contributed by atoms with Gasteiger partial charge in [0.15, 0.2) is 0 Å². The summed E-state index contributed by atoms with van der Waals surface area (Å²) in [5, 5.41) is 6.54. The number of hydrogen-bond acceptors (Lipinski definition) is 4. The van der Waals surface area contributed by atoms with Crippen LogP contribution in [0, 0.1) is 0 Å². The number of carbonyl (C=O) groups is 1. The second-order valence-corrected chi connectivity index (χ2v) is 6.11. The fourth-order valence-corrected chi connectivity index (χ4v) is 2.29. The molecule has 2 aromatic rings. The van der Waals surface area contributed by atoms with Crippen LogP contribution in [0.4, 0.5) is 5.69 Å². The number of carbonyl (C=O) groups excluding carboxylic acids is 1. The van der Waals surface area contributed by atoms with Crippen molar-refractivity contribution in [1.29, 1.82) is 0 Å². The SMILES string of the molecule is CCS(=O)(=O)Nc1ccc(-c2n[nH]cc2C(N)=O)cc1. The van der Waals surface area contributed by atoms with Crippen molar-refractivity contribution in [3.63, 3.8) is 0 Å². The molecule has 106 valence electrons. The number of H-pyrrole nitrogens is 1. The normalized spacial score (nSPS) is 11.2. The lowest BCUT2D eigenvalue weighted by Crippen LogP contribution is -2.14. The Labute approximate surface area is 116 Å². The molecule has 0 fully saturated rings. The number of hydrogen-bond donors (Lipinski definition) is 3. The molecule has 0 unspecified atom stereocenters. The summed E-state index contributed by atoms with van der Waals surface area (Å²) >= 11 is 0. The lowest BCUT2D eigenvalue weighted by molar-refractivity contribution is 0.100. The van der Waals surface area contributed by atoms with Crippen molar-refractivity contribution in [1.82, 2.24) is 10.2 Å². The smallest absolute Gasteiger partial charge is 0.252 e. The van der Waals surface area contributed by atoms with Crippen LogP contribution in [0.2, 0.25) is 0 Å². The Morgan fingerprint density at radius 2 is 2.00 bits per heavy atom. The standard InChI is InChI=1S/C12H14N4O3S/c1-2-20(18,19)16-9-5-3-8(4-6-9)11-10(12(13)17)7-14-15-11/h3-7,16H,2H2,1H3,(H2,13,17)(H,14,15). The van der Waals surface area contributed by atoms with Gasteiger partial charge in [-0.2, -0.15) is 5.10 Å². The van der Waals surface area contributed by atoms with Gasteiger partial charge in [-0.3, -0.25) is 14.6 Å². The monoisotopic (exact) mass is 294 g/mol. The van der Waals surface area contributed by atoms with E-state index < -0.39 is 15.9 Å². The van der Waals surface area contributed by atoms with Crippen molar-refractivity contribution in [3.05, 3.63) is 36.0 Å². The minimum Gasteiger partial charge on any atom is -0.365 e. The molecule has 0 spiro atoms. The average molecular weight is 294 g/mol. The lowest BCUT2D eigenvalue weighted by Gasteiger charge is -2.06. The summed E-state index contributed by atoms with van der Waals surface area (Å²) in [5.41, 5.74) is 7.07. The first kappa shape index (κ1) is 14.1. The Kier molecular flexibility index (Phi) is 3.75. The molecular weight excluding hydrogens is 280 g/mol. The predicted molar refractivity (Wildman–Crippen MR) is 75.6 cm³/mol. The fourth-order valence-electron chi connectivity index (χ4n) is 1.65. The number of primary amides is 1. The first-order valence-electron chi connectivity index (χ1n) is 5.87. The summed E-state index contributed by atoms with van der Waals surface area (Å²) in [6.45, 7) is 1.56. The molecule has 0 saturated carbocycles. The van der Waals surface area contributed by atoms with Crippen molar-refractivity contribution in [2.45, 2.75) is 6.92 Å². The van der Waals surface area contributed by atoms with Crippen LogP contribution in [0.3, 0.4) is 0 Å². The van der Waals surface area contributed by atoms with Crippen LogP contribution in [0.25, 0.3) is 11.3 Å². The Morgan fingerprint density at radius 3 is 2.55 bits per heavy atom. The van der Waals surface area contributed by atoms with Gasteiger partial charge in [0.05, 0.1) is 11.3 Å². The molecule has 0 atom stereocenters. The summed E-state index contributed by atoms with van der Waals surface area (Å²) in [5.74, 6) is -0.579. The van der Waals surface area contributed by atoms with E-state index in [2.05, 4.69) is 14.9 Å². The van der Waals surface area contributed by atoms with Gasteiger partial charge < -0.3 is 5.73 Å². The van der Waals surface area contributed by atoms with Crippen LogP contribution >= 0.6 is 0 Å². The van der Waals surface area contributed by atoms with Crippen LogP contribution in [-0.2, 0) is 10.0 Å². The van der Waals surface area contributed by atoms with E-state index in [1.54, 1.807) is 31.2 Å². The highest BCUT2D eigenvalue weighted by Crippen LogP contribution is 2.23. The lowest BCUT2D eigenvalue weighted by atomic mass is 10.1. The van der Waals surface area contributed by atoms with Gasteiger partial charge in [0.1, 0.15) is 5.69 Å². The van der Waals surface area contributed by atoms with Crippen LogP contribution in [-0.4, -0.2) is 30.3 Å². The minimum absolute atomic E-state index is 0.0000585. The van der Waals surface area contributed by atoms with Crippen LogP contribution in [0.15, 0.2) is 30.5 Å². The highest BCUT2D eigenvalue weighted by molar-refractivity contribution is 7.92. The Bertz CT molecular complexity index is 719. The number of nitrogens with two attached hydrogens (primary N) is 1. The highest BCUT2D eigenvalue weighted by atomic mass is 32.2. The number of amides is 1. The van der Waals surface area contributed by atoms with E-state index in [-0.39, 0.29) is 11.3 Å². The number of rotatable bonds is 5. The minimum atomic E-state index is -3.31. The maximum absolute atomic E-state index is 11.4. The zero-order chi connectivity index (χ0) is 14.8. The summed E-state index contributed by atoms with van der Waals surface area (Å²) < 4.78 is 25.3. The molecule has 20 heavy (non-hydrogen) atoms. The van der Waals surface area contributed by atoms with Crippen LogP contribution in [0.1, 0.15) is 17.3 Å². The van der Waals surface area contributed by atoms with Crippen molar-refractivity contribution >= 4 is 21.6 Å². The zero-order valence-corrected chi connectivity index (χ0v) is 11.6. The molecule has 0 saturated heterocycles.